The summed E-state index contributed by atoms with van der Waals surface area (Å²) in [6, 6.07) is 3.66. The second kappa shape index (κ2) is 5.37. The molecule has 1 aromatic rings. The maximum atomic E-state index is 14.0. The van der Waals surface area contributed by atoms with Crippen molar-refractivity contribution in [1.29, 1.82) is 0 Å². The van der Waals surface area contributed by atoms with E-state index < -0.39 is 17.8 Å². The number of halogens is 2. The Bertz CT molecular complexity index is 563. The predicted octanol–water partition coefficient (Wildman–Crippen LogP) is 2.83. The molecule has 1 aliphatic carbocycles. The molecular formula is C16H20F2N2O. The molecule has 4 unspecified atom stereocenters. The Morgan fingerprint density at radius 3 is 2.62 bits per heavy atom. The van der Waals surface area contributed by atoms with Crippen molar-refractivity contribution in [2.45, 2.75) is 38.9 Å². The van der Waals surface area contributed by atoms with Crippen LogP contribution in [0.3, 0.4) is 0 Å². The molecular weight excluding hydrogens is 274 g/mol. The molecule has 2 aliphatic rings. The summed E-state index contributed by atoms with van der Waals surface area (Å²) in [5.74, 6) is -0.266. The number of benzene rings is 1. The lowest BCUT2D eigenvalue weighted by molar-refractivity contribution is -0.131. The molecule has 1 saturated heterocycles. The van der Waals surface area contributed by atoms with E-state index in [0.717, 1.165) is 18.9 Å². The van der Waals surface area contributed by atoms with Gasteiger partial charge in [0.2, 0.25) is 5.91 Å². The van der Waals surface area contributed by atoms with Gasteiger partial charge in [0, 0.05) is 17.7 Å². The summed E-state index contributed by atoms with van der Waals surface area (Å²) in [6.07, 6.45) is 1.53. The first-order valence-electron chi connectivity index (χ1n) is 7.48. The van der Waals surface area contributed by atoms with Gasteiger partial charge in [0.15, 0.2) is 0 Å². The van der Waals surface area contributed by atoms with Crippen LogP contribution in [-0.4, -0.2) is 23.4 Å². The van der Waals surface area contributed by atoms with Crippen LogP contribution >= 0.6 is 0 Å². The summed E-state index contributed by atoms with van der Waals surface area (Å²) in [6.45, 7) is 4.54. The molecule has 1 aliphatic heterocycles. The average molecular weight is 294 g/mol. The van der Waals surface area contributed by atoms with Crippen LogP contribution in [0, 0.1) is 23.5 Å². The molecule has 3 rings (SSSR count). The normalized spacial score (nSPS) is 33.0. The van der Waals surface area contributed by atoms with E-state index in [1.54, 1.807) is 4.90 Å². The summed E-state index contributed by atoms with van der Waals surface area (Å²) in [7, 11) is 0. The largest absolute Gasteiger partial charge is 0.318 e. The Morgan fingerprint density at radius 2 is 2.00 bits per heavy atom. The van der Waals surface area contributed by atoms with Crippen LogP contribution in [-0.2, 0) is 4.79 Å². The molecule has 5 heteroatoms. The lowest BCUT2D eigenvalue weighted by Gasteiger charge is -2.34. The summed E-state index contributed by atoms with van der Waals surface area (Å²) in [4.78, 5) is 14.0. The zero-order valence-corrected chi connectivity index (χ0v) is 12.3. The Kier molecular flexibility index (Phi) is 3.69. The smallest absolute Gasteiger partial charge is 0.238 e. The van der Waals surface area contributed by atoms with Gasteiger partial charge in [0.25, 0.3) is 0 Å². The van der Waals surface area contributed by atoms with Crippen LogP contribution in [0.4, 0.5) is 8.78 Å². The highest BCUT2D eigenvalue weighted by Gasteiger charge is 2.43. The number of nitrogens with one attached hydrogen (secondary N) is 1. The Balaban J connectivity index is 1.92. The van der Waals surface area contributed by atoms with Crippen LogP contribution < -0.4 is 5.32 Å². The molecule has 3 nitrogen and oxygen atoms in total. The molecule has 21 heavy (non-hydrogen) atoms. The second-order valence-corrected chi connectivity index (χ2v) is 6.23. The zero-order valence-electron chi connectivity index (χ0n) is 12.3. The van der Waals surface area contributed by atoms with Crippen LogP contribution in [0.5, 0.6) is 0 Å². The fraction of sp³-hybridized carbons (Fsp3) is 0.562. The monoisotopic (exact) mass is 294 g/mol. The van der Waals surface area contributed by atoms with Gasteiger partial charge < -0.3 is 4.90 Å². The quantitative estimate of drug-likeness (QED) is 0.909. The van der Waals surface area contributed by atoms with Gasteiger partial charge in [0.1, 0.15) is 17.8 Å². The van der Waals surface area contributed by atoms with Crippen molar-refractivity contribution < 1.29 is 13.6 Å². The van der Waals surface area contributed by atoms with Gasteiger partial charge in [-0.05, 0) is 36.8 Å². The summed E-state index contributed by atoms with van der Waals surface area (Å²) < 4.78 is 27.1. The van der Waals surface area contributed by atoms with Crippen molar-refractivity contribution in [1.82, 2.24) is 10.2 Å². The number of hydrogen-bond acceptors (Lipinski definition) is 2. The fourth-order valence-electron chi connectivity index (χ4n) is 3.61. The SMILES string of the molecule is CC1CCC(N2C(=O)CNC2c2ccc(F)cc2F)C1C. The highest BCUT2D eigenvalue weighted by Crippen LogP contribution is 2.39. The highest BCUT2D eigenvalue weighted by molar-refractivity contribution is 5.81. The number of carbonyl (C=O) groups excluding carboxylic acids is 1. The molecule has 114 valence electrons. The van der Waals surface area contributed by atoms with Crippen LogP contribution in [0.25, 0.3) is 0 Å². The van der Waals surface area contributed by atoms with Gasteiger partial charge in [0.05, 0.1) is 6.54 Å². The maximum absolute atomic E-state index is 14.0. The number of rotatable bonds is 2. The minimum Gasteiger partial charge on any atom is -0.318 e. The molecule has 1 N–H and O–H groups in total. The summed E-state index contributed by atoms with van der Waals surface area (Å²) in [5, 5.41) is 3.06. The molecule has 0 spiro atoms. The molecule has 4 atom stereocenters. The highest BCUT2D eigenvalue weighted by atomic mass is 19.1. The van der Waals surface area contributed by atoms with Gasteiger partial charge in [-0.25, -0.2) is 8.78 Å². The molecule has 0 bridgehead atoms. The molecule has 1 saturated carbocycles. The standard InChI is InChI=1S/C16H20F2N2O/c1-9-3-6-14(10(9)2)20-15(21)8-19-16(20)12-5-4-11(17)7-13(12)18/h4-5,7,9-10,14,16,19H,3,6,8H2,1-2H3. The van der Waals surface area contributed by atoms with E-state index in [1.807, 2.05) is 0 Å². The lowest BCUT2D eigenvalue weighted by Crippen LogP contribution is -2.42. The molecule has 1 heterocycles. The van der Waals surface area contributed by atoms with Gasteiger partial charge in [-0.3, -0.25) is 10.1 Å². The zero-order chi connectivity index (χ0) is 15.1. The van der Waals surface area contributed by atoms with Crippen molar-refractivity contribution >= 4 is 5.91 Å². The first-order chi connectivity index (χ1) is 9.99. The predicted molar refractivity (Wildman–Crippen MR) is 75.3 cm³/mol. The molecule has 1 amide bonds. The molecule has 0 aromatic heterocycles. The van der Waals surface area contributed by atoms with E-state index >= 15 is 0 Å². The Labute approximate surface area is 123 Å². The van der Waals surface area contributed by atoms with E-state index in [1.165, 1.54) is 12.1 Å². The van der Waals surface area contributed by atoms with Crippen LogP contribution in [0.1, 0.15) is 38.4 Å². The van der Waals surface area contributed by atoms with Crippen molar-refractivity contribution in [2.75, 3.05) is 6.54 Å². The minimum absolute atomic E-state index is 0.00493. The lowest BCUT2D eigenvalue weighted by atomic mass is 9.96. The minimum atomic E-state index is -0.606. The van der Waals surface area contributed by atoms with E-state index in [-0.39, 0.29) is 18.5 Å². The van der Waals surface area contributed by atoms with Crippen molar-refractivity contribution in [2.24, 2.45) is 11.8 Å². The molecule has 1 aromatic carbocycles. The number of carbonyl (C=O) groups is 1. The second-order valence-electron chi connectivity index (χ2n) is 6.23. The van der Waals surface area contributed by atoms with E-state index in [9.17, 15) is 13.6 Å². The molecule has 2 fully saturated rings. The fourth-order valence-corrected chi connectivity index (χ4v) is 3.61. The van der Waals surface area contributed by atoms with Crippen molar-refractivity contribution in [3.63, 3.8) is 0 Å². The van der Waals surface area contributed by atoms with E-state index in [4.69, 9.17) is 0 Å². The Morgan fingerprint density at radius 1 is 1.24 bits per heavy atom. The first kappa shape index (κ1) is 14.4. The first-order valence-corrected chi connectivity index (χ1v) is 7.48. The number of amides is 1. The summed E-state index contributed by atoms with van der Waals surface area (Å²) >= 11 is 0. The van der Waals surface area contributed by atoms with Crippen molar-refractivity contribution in [3.05, 3.63) is 35.4 Å². The van der Waals surface area contributed by atoms with Crippen LogP contribution in [0.2, 0.25) is 0 Å². The summed E-state index contributed by atoms with van der Waals surface area (Å²) in [5.41, 5.74) is 0.342. The van der Waals surface area contributed by atoms with E-state index in [0.29, 0.717) is 17.4 Å². The average Bonchev–Trinajstić information content (AvgIpc) is 2.95. The maximum Gasteiger partial charge on any atom is 0.238 e. The van der Waals surface area contributed by atoms with Gasteiger partial charge in [-0.15, -0.1) is 0 Å². The number of nitrogens with zero attached hydrogens (tertiary/aromatic N) is 1. The van der Waals surface area contributed by atoms with Gasteiger partial charge >= 0.3 is 0 Å². The topological polar surface area (TPSA) is 32.3 Å². The van der Waals surface area contributed by atoms with E-state index in [2.05, 4.69) is 19.2 Å². The third-order valence-electron chi connectivity index (χ3n) is 5.05. The Hall–Kier alpha value is -1.49. The van der Waals surface area contributed by atoms with Crippen molar-refractivity contribution in [3.8, 4) is 0 Å². The number of hydrogen-bond donors (Lipinski definition) is 1. The third-order valence-corrected chi connectivity index (χ3v) is 5.05. The van der Waals surface area contributed by atoms with Gasteiger partial charge in [-0.1, -0.05) is 13.8 Å². The third kappa shape index (κ3) is 2.44. The van der Waals surface area contributed by atoms with Crippen LogP contribution in [0.15, 0.2) is 18.2 Å². The van der Waals surface area contributed by atoms with Gasteiger partial charge in [-0.2, -0.15) is 0 Å². The molecule has 0 radical (unpaired) electrons.